The Morgan fingerprint density at radius 3 is 2.88 bits per heavy atom. The summed E-state index contributed by atoms with van der Waals surface area (Å²) in [7, 11) is 0. The van der Waals surface area contributed by atoms with Crippen molar-refractivity contribution in [2.24, 2.45) is 0 Å². The van der Waals surface area contributed by atoms with Crippen LogP contribution in [-0.4, -0.2) is 52.3 Å². The van der Waals surface area contributed by atoms with Gasteiger partial charge in [0.2, 0.25) is 0 Å². The largest absolute Gasteiger partial charge is 0.489 e. The van der Waals surface area contributed by atoms with E-state index < -0.39 is 0 Å². The van der Waals surface area contributed by atoms with Crippen LogP contribution in [0.5, 0.6) is 5.75 Å². The maximum absolute atomic E-state index is 12.8. The van der Waals surface area contributed by atoms with Crippen molar-refractivity contribution in [2.75, 3.05) is 13.2 Å². The summed E-state index contributed by atoms with van der Waals surface area (Å²) < 4.78 is 16.9. The first-order chi connectivity index (χ1) is 16.5. The Hall–Kier alpha value is -3.59. The number of aromatic nitrogens is 2. The van der Waals surface area contributed by atoms with E-state index in [0.29, 0.717) is 54.6 Å². The highest BCUT2D eigenvalue weighted by Crippen LogP contribution is 2.34. The summed E-state index contributed by atoms with van der Waals surface area (Å²) in [4.78, 5) is 30.7. The lowest BCUT2D eigenvalue weighted by atomic mass is 10.0. The Morgan fingerprint density at radius 1 is 1.29 bits per heavy atom. The highest BCUT2D eigenvalue weighted by molar-refractivity contribution is 6.30. The quantitative estimate of drug-likeness (QED) is 0.566. The van der Waals surface area contributed by atoms with Gasteiger partial charge >= 0.3 is 6.09 Å². The number of nitrogens with one attached hydrogen (secondary N) is 1. The molecule has 3 aromatic rings. The van der Waals surface area contributed by atoms with Crippen molar-refractivity contribution in [3.63, 3.8) is 0 Å². The molecular formula is C24H23ClN4O5. The molecule has 0 aliphatic carbocycles. The Kier molecular flexibility index (Phi) is 6.10. The van der Waals surface area contributed by atoms with Crippen molar-refractivity contribution < 1.29 is 23.6 Å². The van der Waals surface area contributed by atoms with Crippen LogP contribution >= 0.6 is 11.6 Å². The summed E-state index contributed by atoms with van der Waals surface area (Å²) >= 11 is 5.92. The van der Waals surface area contributed by atoms with Crippen LogP contribution in [0.25, 0.3) is 11.3 Å². The maximum Gasteiger partial charge on any atom is 0.410 e. The van der Waals surface area contributed by atoms with Crippen LogP contribution < -0.4 is 10.1 Å². The SMILES string of the molecule is Cc1cc(-c2cnc(C(=O)NCc3ccc(Cl)cc3)cc2O[C@H]2CCN3C(=O)OC[C@@H]3C2)on1. The van der Waals surface area contributed by atoms with Crippen LogP contribution in [0.2, 0.25) is 5.02 Å². The third-order valence-electron chi connectivity index (χ3n) is 5.95. The molecule has 1 N–H and O–H groups in total. The minimum atomic E-state index is -0.329. The van der Waals surface area contributed by atoms with E-state index in [9.17, 15) is 9.59 Å². The zero-order chi connectivity index (χ0) is 23.7. The van der Waals surface area contributed by atoms with E-state index >= 15 is 0 Å². The number of halogens is 1. The Bertz CT molecular complexity index is 1210. The van der Waals surface area contributed by atoms with Gasteiger partial charge in [0.05, 0.1) is 17.3 Å². The summed E-state index contributed by atoms with van der Waals surface area (Å²) in [6.07, 6.45) is 2.43. The van der Waals surface area contributed by atoms with Crippen LogP contribution in [0.15, 0.2) is 47.1 Å². The Morgan fingerprint density at radius 2 is 2.12 bits per heavy atom. The number of hydrogen-bond acceptors (Lipinski definition) is 7. The van der Waals surface area contributed by atoms with Crippen LogP contribution in [0, 0.1) is 6.92 Å². The Labute approximate surface area is 201 Å². The lowest BCUT2D eigenvalue weighted by molar-refractivity contribution is 0.0914. The van der Waals surface area contributed by atoms with Crippen molar-refractivity contribution >= 4 is 23.6 Å². The number of rotatable bonds is 6. The fraction of sp³-hybridized carbons (Fsp3) is 0.333. The zero-order valence-electron chi connectivity index (χ0n) is 18.5. The lowest BCUT2D eigenvalue weighted by Crippen LogP contribution is -2.44. The van der Waals surface area contributed by atoms with E-state index in [4.69, 9.17) is 25.6 Å². The smallest absolute Gasteiger partial charge is 0.410 e. The predicted molar refractivity (Wildman–Crippen MR) is 123 cm³/mol. The minimum Gasteiger partial charge on any atom is -0.489 e. The number of hydrogen-bond donors (Lipinski definition) is 1. The molecule has 2 amide bonds. The van der Waals surface area contributed by atoms with Gasteiger partial charge in [-0.1, -0.05) is 28.9 Å². The monoisotopic (exact) mass is 482 g/mol. The van der Waals surface area contributed by atoms with Gasteiger partial charge in [-0.15, -0.1) is 0 Å². The molecule has 0 radical (unpaired) electrons. The van der Waals surface area contributed by atoms with Gasteiger partial charge in [0, 0.05) is 49.3 Å². The van der Waals surface area contributed by atoms with Crippen LogP contribution in [0.4, 0.5) is 4.79 Å². The van der Waals surface area contributed by atoms with E-state index in [0.717, 1.165) is 11.3 Å². The van der Waals surface area contributed by atoms with Crippen LogP contribution in [-0.2, 0) is 11.3 Å². The molecular weight excluding hydrogens is 460 g/mol. The number of piperidine rings is 1. The Balaban J connectivity index is 1.35. The second-order valence-electron chi connectivity index (χ2n) is 8.40. The van der Waals surface area contributed by atoms with Gasteiger partial charge in [-0.2, -0.15) is 0 Å². The van der Waals surface area contributed by atoms with Gasteiger partial charge < -0.3 is 24.2 Å². The molecule has 5 rings (SSSR count). The summed E-state index contributed by atoms with van der Waals surface area (Å²) in [5.74, 6) is 0.654. The standard InChI is InChI=1S/C24H23ClN4O5/c1-14-8-22(34-28-14)19-12-26-20(23(30)27-11-15-2-4-16(25)5-3-15)10-21(19)33-18-6-7-29-17(9-18)13-32-24(29)31/h2-5,8,10,12,17-18H,6-7,9,11,13H2,1H3,(H,27,30)/t17-,18-/m0/s1. The molecule has 0 saturated carbocycles. The maximum atomic E-state index is 12.8. The lowest BCUT2D eigenvalue weighted by Gasteiger charge is -2.32. The fourth-order valence-electron chi connectivity index (χ4n) is 4.16. The van der Waals surface area contributed by atoms with Gasteiger partial charge in [-0.3, -0.25) is 9.78 Å². The van der Waals surface area contributed by atoms with E-state index in [-0.39, 0.29) is 29.8 Å². The molecule has 1 aromatic carbocycles. The highest BCUT2D eigenvalue weighted by Gasteiger charge is 2.39. The summed E-state index contributed by atoms with van der Waals surface area (Å²) in [5.41, 5.74) is 2.47. The highest BCUT2D eigenvalue weighted by atomic mass is 35.5. The summed E-state index contributed by atoms with van der Waals surface area (Å²) in [6, 6.07) is 10.6. The van der Waals surface area contributed by atoms with E-state index in [1.54, 1.807) is 35.4 Å². The molecule has 2 aliphatic heterocycles. The van der Waals surface area contributed by atoms with Gasteiger partial charge in [0.25, 0.3) is 5.91 Å². The first kappa shape index (κ1) is 22.2. The second kappa shape index (κ2) is 9.34. The summed E-state index contributed by atoms with van der Waals surface area (Å²) in [6.45, 7) is 3.09. The average molecular weight is 483 g/mol. The normalized spacial score (nSPS) is 19.5. The number of fused-ring (bicyclic) bond motifs is 1. The number of ether oxygens (including phenoxy) is 2. The topological polar surface area (TPSA) is 107 Å². The molecule has 2 atom stereocenters. The summed E-state index contributed by atoms with van der Waals surface area (Å²) in [5, 5.41) is 7.45. The number of benzene rings is 1. The molecule has 2 saturated heterocycles. The number of pyridine rings is 1. The molecule has 4 heterocycles. The van der Waals surface area contributed by atoms with Gasteiger partial charge in [0.1, 0.15) is 24.2 Å². The van der Waals surface area contributed by atoms with Crippen molar-refractivity contribution in [1.82, 2.24) is 20.4 Å². The third kappa shape index (κ3) is 4.70. The average Bonchev–Trinajstić information content (AvgIpc) is 3.43. The number of cyclic esters (lactones) is 1. The molecule has 2 aliphatic rings. The molecule has 2 aromatic heterocycles. The fourth-order valence-corrected chi connectivity index (χ4v) is 4.28. The number of carbonyl (C=O) groups is 2. The van der Waals surface area contributed by atoms with Crippen molar-refractivity contribution in [1.29, 1.82) is 0 Å². The van der Waals surface area contributed by atoms with Crippen LogP contribution in [0.1, 0.15) is 34.6 Å². The van der Waals surface area contributed by atoms with E-state index in [1.807, 2.05) is 19.1 Å². The second-order valence-corrected chi connectivity index (χ2v) is 8.83. The van der Waals surface area contributed by atoms with Crippen molar-refractivity contribution in [3.05, 3.63) is 64.6 Å². The van der Waals surface area contributed by atoms with Gasteiger partial charge in [-0.25, -0.2) is 4.79 Å². The number of carbonyl (C=O) groups excluding carboxylic acids is 2. The molecule has 0 spiro atoms. The molecule has 0 unspecified atom stereocenters. The molecule has 10 heteroatoms. The molecule has 0 bridgehead atoms. The molecule has 2 fully saturated rings. The predicted octanol–water partition coefficient (Wildman–Crippen LogP) is 3.99. The van der Waals surface area contributed by atoms with Crippen molar-refractivity contribution in [2.45, 2.75) is 38.5 Å². The van der Waals surface area contributed by atoms with Crippen LogP contribution in [0.3, 0.4) is 0 Å². The van der Waals surface area contributed by atoms with E-state index in [2.05, 4.69) is 15.5 Å². The number of nitrogens with zero attached hydrogens (tertiary/aromatic N) is 3. The van der Waals surface area contributed by atoms with Gasteiger partial charge in [0.15, 0.2) is 5.76 Å². The van der Waals surface area contributed by atoms with E-state index in [1.165, 1.54) is 0 Å². The minimum absolute atomic E-state index is 0.00814. The molecule has 34 heavy (non-hydrogen) atoms. The van der Waals surface area contributed by atoms with Gasteiger partial charge in [-0.05, 0) is 24.6 Å². The number of aryl methyl sites for hydroxylation is 1. The van der Waals surface area contributed by atoms with Crippen molar-refractivity contribution in [3.8, 4) is 17.1 Å². The number of amides is 2. The first-order valence-corrected chi connectivity index (χ1v) is 11.4. The molecule has 176 valence electrons. The third-order valence-corrected chi connectivity index (χ3v) is 6.21. The first-order valence-electron chi connectivity index (χ1n) is 11.0. The zero-order valence-corrected chi connectivity index (χ0v) is 19.2. The molecule has 9 nitrogen and oxygen atoms in total.